The first-order chi connectivity index (χ1) is 16.1. The number of nitrogens with one attached hydrogen (secondary N) is 3. The molecule has 170 valence electrons. The molecule has 33 heavy (non-hydrogen) atoms. The van der Waals surface area contributed by atoms with Crippen molar-refractivity contribution in [2.75, 3.05) is 17.2 Å². The molecule has 0 bridgehead atoms. The molecule has 3 aromatic rings. The fourth-order valence-electron chi connectivity index (χ4n) is 3.52. The molecule has 2 heterocycles. The monoisotopic (exact) mass is 447 g/mol. The minimum absolute atomic E-state index is 0.0348. The van der Waals surface area contributed by atoms with E-state index in [0.717, 1.165) is 22.6 Å². The van der Waals surface area contributed by atoms with Crippen molar-refractivity contribution in [3.63, 3.8) is 0 Å². The summed E-state index contributed by atoms with van der Waals surface area (Å²) in [6.07, 6.45) is 3.55. The van der Waals surface area contributed by atoms with Crippen molar-refractivity contribution in [2.45, 2.75) is 32.2 Å². The van der Waals surface area contributed by atoms with Crippen LogP contribution in [-0.4, -0.2) is 24.3 Å². The number of fused-ring (bicyclic) bond motifs is 1. The van der Waals surface area contributed by atoms with Crippen molar-refractivity contribution in [2.24, 2.45) is 0 Å². The number of furan rings is 1. The Balaban J connectivity index is 1.17. The topological polar surface area (TPSA) is 110 Å². The van der Waals surface area contributed by atoms with E-state index >= 15 is 0 Å². The molecule has 0 spiro atoms. The largest absolute Gasteiger partial charge is 0.494 e. The van der Waals surface area contributed by atoms with E-state index in [0.29, 0.717) is 44.5 Å². The van der Waals surface area contributed by atoms with Gasteiger partial charge in [0, 0.05) is 30.8 Å². The van der Waals surface area contributed by atoms with Crippen molar-refractivity contribution in [3.05, 3.63) is 77.7 Å². The quantitative estimate of drug-likeness (QED) is 0.431. The smallest absolute Gasteiger partial charge is 0.291 e. The molecule has 0 aliphatic carbocycles. The fourth-order valence-corrected chi connectivity index (χ4v) is 3.52. The molecule has 2 aromatic carbocycles. The number of carbonyl (C=O) groups excluding carboxylic acids is 3. The van der Waals surface area contributed by atoms with Crippen LogP contribution in [0.25, 0.3) is 0 Å². The summed E-state index contributed by atoms with van der Waals surface area (Å²) in [5, 5.41) is 8.50. The summed E-state index contributed by atoms with van der Waals surface area (Å²) in [6, 6.07) is 16.1. The maximum atomic E-state index is 12.2. The van der Waals surface area contributed by atoms with Crippen molar-refractivity contribution in [3.8, 4) is 5.75 Å². The minimum Gasteiger partial charge on any atom is -0.494 e. The first-order valence-corrected chi connectivity index (χ1v) is 10.8. The van der Waals surface area contributed by atoms with Gasteiger partial charge in [-0.2, -0.15) is 0 Å². The van der Waals surface area contributed by atoms with Crippen molar-refractivity contribution in [1.29, 1.82) is 0 Å². The minimum atomic E-state index is -0.329. The van der Waals surface area contributed by atoms with Gasteiger partial charge in [-0.25, -0.2) is 0 Å². The van der Waals surface area contributed by atoms with Gasteiger partial charge in [-0.1, -0.05) is 12.1 Å². The molecule has 3 N–H and O–H groups in total. The van der Waals surface area contributed by atoms with Crippen LogP contribution in [0, 0.1) is 0 Å². The van der Waals surface area contributed by atoms with Gasteiger partial charge in [0.15, 0.2) is 5.76 Å². The van der Waals surface area contributed by atoms with E-state index in [1.165, 1.54) is 6.26 Å². The summed E-state index contributed by atoms with van der Waals surface area (Å²) in [5.41, 5.74) is 3.40. The number of rotatable bonds is 9. The molecular weight excluding hydrogens is 422 g/mol. The highest BCUT2D eigenvalue weighted by atomic mass is 16.5. The Morgan fingerprint density at radius 1 is 1.06 bits per heavy atom. The standard InChI is InChI=1S/C25H25N3O5/c29-23(7-3-12-32-20-9-10-21-18(15-20)8-11-24(30)28-21)26-16-17-4-1-5-19(14-17)27-25(31)22-6-2-13-33-22/h1-2,4-6,9-10,13-15H,3,7-8,11-12,16H2,(H,26,29)(H,27,31)(H,28,30). The lowest BCUT2D eigenvalue weighted by molar-refractivity contribution is -0.121. The highest BCUT2D eigenvalue weighted by Crippen LogP contribution is 2.26. The summed E-state index contributed by atoms with van der Waals surface area (Å²) in [5.74, 6) is 0.603. The molecule has 0 saturated heterocycles. The van der Waals surface area contributed by atoms with Gasteiger partial charge in [0.2, 0.25) is 11.8 Å². The molecule has 4 rings (SSSR count). The van der Waals surface area contributed by atoms with Gasteiger partial charge in [0.05, 0.1) is 12.9 Å². The number of ether oxygens (including phenoxy) is 1. The Kier molecular flexibility index (Phi) is 7.04. The lowest BCUT2D eigenvalue weighted by Gasteiger charge is -2.17. The van der Waals surface area contributed by atoms with Gasteiger partial charge < -0.3 is 25.1 Å². The van der Waals surface area contributed by atoms with E-state index in [1.54, 1.807) is 18.2 Å². The number of benzene rings is 2. The first kappa shape index (κ1) is 22.1. The van der Waals surface area contributed by atoms with Crippen molar-refractivity contribution in [1.82, 2.24) is 5.32 Å². The van der Waals surface area contributed by atoms with Crippen LogP contribution in [0.5, 0.6) is 5.75 Å². The molecule has 1 aliphatic rings. The van der Waals surface area contributed by atoms with E-state index in [-0.39, 0.29) is 23.5 Å². The third-order valence-corrected chi connectivity index (χ3v) is 5.21. The van der Waals surface area contributed by atoms with Crippen LogP contribution in [0.1, 0.15) is 40.9 Å². The van der Waals surface area contributed by atoms with E-state index in [1.807, 2.05) is 36.4 Å². The van der Waals surface area contributed by atoms with Crippen LogP contribution >= 0.6 is 0 Å². The highest BCUT2D eigenvalue weighted by molar-refractivity contribution is 6.02. The second-order valence-corrected chi connectivity index (χ2v) is 7.73. The molecule has 0 fully saturated rings. The first-order valence-electron chi connectivity index (χ1n) is 10.8. The summed E-state index contributed by atoms with van der Waals surface area (Å²) >= 11 is 0. The number of amides is 3. The summed E-state index contributed by atoms with van der Waals surface area (Å²) in [4.78, 5) is 35.7. The van der Waals surface area contributed by atoms with Gasteiger partial charge in [-0.3, -0.25) is 14.4 Å². The Morgan fingerprint density at radius 3 is 2.82 bits per heavy atom. The van der Waals surface area contributed by atoms with Crippen LogP contribution in [-0.2, 0) is 22.6 Å². The third kappa shape index (κ3) is 6.22. The van der Waals surface area contributed by atoms with Crippen LogP contribution in [0.15, 0.2) is 65.3 Å². The molecule has 8 nitrogen and oxygen atoms in total. The van der Waals surface area contributed by atoms with E-state index in [2.05, 4.69) is 16.0 Å². The van der Waals surface area contributed by atoms with Crippen LogP contribution < -0.4 is 20.7 Å². The predicted molar refractivity (Wildman–Crippen MR) is 123 cm³/mol. The number of carbonyl (C=O) groups is 3. The SMILES string of the molecule is O=C(CCCOc1ccc2c(c1)CCC(=O)N2)NCc1cccc(NC(=O)c2ccco2)c1. The van der Waals surface area contributed by atoms with Gasteiger partial charge in [-0.15, -0.1) is 0 Å². The summed E-state index contributed by atoms with van der Waals surface area (Å²) in [7, 11) is 0. The van der Waals surface area contributed by atoms with Gasteiger partial charge >= 0.3 is 0 Å². The van der Waals surface area contributed by atoms with Crippen LogP contribution in [0.3, 0.4) is 0 Å². The maximum absolute atomic E-state index is 12.2. The summed E-state index contributed by atoms with van der Waals surface area (Å²) < 4.78 is 10.8. The molecule has 0 unspecified atom stereocenters. The molecule has 1 aliphatic heterocycles. The average molecular weight is 447 g/mol. The van der Waals surface area contributed by atoms with Crippen molar-refractivity contribution < 1.29 is 23.5 Å². The number of hydrogen-bond acceptors (Lipinski definition) is 5. The Labute approximate surface area is 191 Å². The zero-order valence-corrected chi connectivity index (χ0v) is 18.1. The summed E-state index contributed by atoms with van der Waals surface area (Å²) in [6.45, 7) is 0.785. The molecule has 8 heteroatoms. The lowest BCUT2D eigenvalue weighted by Crippen LogP contribution is -2.23. The second kappa shape index (κ2) is 10.5. The number of aryl methyl sites for hydroxylation is 1. The van der Waals surface area contributed by atoms with Crippen LogP contribution in [0.4, 0.5) is 11.4 Å². The third-order valence-electron chi connectivity index (χ3n) is 5.21. The molecule has 0 atom stereocenters. The molecule has 1 aromatic heterocycles. The zero-order chi connectivity index (χ0) is 23.0. The van der Waals surface area contributed by atoms with Gasteiger partial charge in [0.1, 0.15) is 5.75 Å². The van der Waals surface area contributed by atoms with Crippen LogP contribution in [0.2, 0.25) is 0 Å². The number of anilines is 2. The maximum Gasteiger partial charge on any atom is 0.291 e. The molecular formula is C25H25N3O5. The molecule has 0 radical (unpaired) electrons. The van der Waals surface area contributed by atoms with Gasteiger partial charge in [-0.05, 0) is 66.4 Å². The Hall–Kier alpha value is -4.07. The second-order valence-electron chi connectivity index (χ2n) is 7.73. The van der Waals surface area contributed by atoms with E-state index in [4.69, 9.17) is 9.15 Å². The lowest BCUT2D eigenvalue weighted by atomic mass is 10.0. The highest BCUT2D eigenvalue weighted by Gasteiger charge is 2.15. The predicted octanol–water partition coefficient (Wildman–Crippen LogP) is 3.89. The zero-order valence-electron chi connectivity index (χ0n) is 18.1. The molecule has 0 saturated carbocycles. The Morgan fingerprint density at radius 2 is 1.97 bits per heavy atom. The molecule has 3 amide bonds. The van der Waals surface area contributed by atoms with Crippen molar-refractivity contribution >= 4 is 29.1 Å². The Bertz CT molecular complexity index is 1140. The average Bonchev–Trinajstić information content (AvgIpc) is 3.36. The number of hydrogen-bond donors (Lipinski definition) is 3. The van der Waals surface area contributed by atoms with E-state index in [9.17, 15) is 14.4 Å². The fraction of sp³-hybridized carbons (Fsp3) is 0.240. The van der Waals surface area contributed by atoms with E-state index < -0.39 is 0 Å². The normalized spacial score (nSPS) is 12.4. The van der Waals surface area contributed by atoms with Gasteiger partial charge in [0.25, 0.3) is 5.91 Å².